The van der Waals surface area contributed by atoms with E-state index in [1.54, 1.807) is 82.3 Å². The van der Waals surface area contributed by atoms with Crippen LogP contribution in [0.3, 0.4) is 0 Å². The molecule has 9 rings (SSSR count). The maximum absolute atomic E-state index is 14.3. The fraction of sp³-hybridized carbons (Fsp3) is 0.176. The summed E-state index contributed by atoms with van der Waals surface area (Å²) in [6.07, 6.45) is 17.3. The lowest BCUT2D eigenvalue weighted by atomic mass is 9.92. The molecule has 12 heteroatoms. The molecule has 0 fully saturated rings. The van der Waals surface area contributed by atoms with Gasteiger partial charge in [-0.15, -0.1) is 0 Å². The first-order valence-corrected chi connectivity index (χ1v) is 26.9. The van der Waals surface area contributed by atoms with E-state index in [2.05, 4.69) is 4.98 Å². The van der Waals surface area contributed by atoms with E-state index in [-0.39, 0.29) is 23.0 Å². The number of rotatable bonds is 16. The summed E-state index contributed by atoms with van der Waals surface area (Å²) >= 11 is 0. The van der Waals surface area contributed by atoms with Crippen LogP contribution in [0.1, 0.15) is 104 Å². The average Bonchev–Trinajstić information content (AvgIpc) is 4.39. The lowest BCUT2D eigenvalue weighted by Gasteiger charge is -2.18. The lowest BCUT2D eigenvalue weighted by Crippen LogP contribution is -2.12. The van der Waals surface area contributed by atoms with Crippen LogP contribution in [-0.2, 0) is 19.2 Å². The van der Waals surface area contributed by atoms with Crippen molar-refractivity contribution in [2.75, 3.05) is 0 Å². The molecule has 0 atom stereocenters. The molecule has 0 amide bonds. The molecule has 7 aromatic rings. The van der Waals surface area contributed by atoms with Gasteiger partial charge in [-0.2, -0.15) is 0 Å². The van der Waals surface area contributed by atoms with Crippen molar-refractivity contribution in [3.63, 3.8) is 0 Å². The van der Waals surface area contributed by atoms with Crippen molar-refractivity contribution >= 4 is 70.2 Å². The fourth-order valence-corrected chi connectivity index (χ4v) is 9.64. The number of aromatic amines is 1. The van der Waals surface area contributed by atoms with E-state index < -0.39 is 23.9 Å². The molecule has 0 radical (unpaired) electrons. The molecule has 4 aromatic carbocycles. The van der Waals surface area contributed by atoms with Crippen LogP contribution in [0.5, 0.6) is 23.0 Å². The summed E-state index contributed by atoms with van der Waals surface area (Å²) in [5.41, 5.74) is 9.55. The Morgan fingerprint density at radius 3 is 1.29 bits per heavy atom. The first-order chi connectivity index (χ1) is 38.8. The molecule has 12 nitrogen and oxygen atoms in total. The third-order valence-electron chi connectivity index (χ3n) is 13.4. The maximum atomic E-state index is 14.3. The molecule has 0 unspecified atom stereocenters. The van der Waals surface area contributed by atoms with E-state index in [4.69, 9.17) is 28.9 Å². The Balaban J connectivity index is 1.62. The lowest BCUT2D eigenvalue weighted by molar-refractivity contribution is -0.131. The SMILES string of the molecule is CCC=C(C)C(=O)Oc1ccccc1-c1c(-c2ccccc2OC(=O)C(C)=CCC)c2c(-c3ccccc3OC(=O)C(C)=CCC)c3nc(cc4ccc(cc5nc(cc1n2-c1ccccc1OC(=O)C(C)=CCC)C=C5)[nH]4)C=C3. The molecule has 1 N–H and O–H groups in total. The van der Waals surface area contributed by atoms with Gasteiger partial charge in [0.1, 0.15) is 17.2 Å². The number of fused-ring (bicyclic) bond motifs is 8. The molecular weight excluding hydrogens is 1000 g/mol. The molecule has 80 heavy (non-hydrogen) atoms. The van der Waals surface area contributed by atoms with Crippen molar-refractivity contribution in [1.82, 2.24) is 19.5 Å². The van der Waals surface area contributed by atoms with Gasteiger partial charge in [-0.1, -0.05) is 119 Å². The third-order valence-corrected chi connectivity index (χ3v) is 13.4. The number of carbonyl (C=O) groups excluding carboxylic acids is 4. The highest BCUT2D eigenvalue weighted by Crippen LogP contribution is 2.53. The van der Waals surface area contributed by atoms with Gasteiger partial charge in [0.2, 0.25) is 0 Å². The Hall–Kier alpha value is -9.68. The van der Waals surface area contributed by atoms with Gasteiger partial charge in [-0.25, -0.2) is 29.1 Å². The van der Waals surface area contributed by atoms with E-state index in [0.29, 0.717) is 121 Å². The third kappa shape index (κ3) is 11.9. The van der Waals surface area contributed by atoms with Crippen LogP contribution < -0.4 is 18.9 Å². The Kier molecular flexibility index (Phi) is 17.0. The summed E-state index contributed by atoms with van der Waals surface area (Å²) in [4.78, 5) is 70.9. The quantitative estimate of drug-likeness (QED) is 0.0562. The molecule has 402 valence electrons. The highest BCUT2D eigenvalue weighted by atomic mass is 16.5. The number of hydrogen-bond acceptors (Lipinski definition) is 10. The molecule has 0 spiro atoms. The highest BCUT2D eigenvalue weighted by molar-refractivity contribution is 6.14. The van der Waals surface area contributed by atoms with Gasteiger partial charge in [-0.3, -0.25) is 0 Å². The normalized spacial score (nSPS) is 12.6. The molecule has 5 heterocycles. The van der Waals surface area contributed by atoms with E-state index >= 15 is 0 Å². The topological polar surface area (TPSA) is 152 Å². The molecule has 0 saturated heterocycles. The van der Waals surface area contributed by atoms with Gasteiger partial charge < -0.3 is 28.5 Å². The van der Waals surface area contributed by atoms with E-state index in [1.807, 2.05) is 154 Å². The van der Waals surface area contributed by atoms with E-state index in [9.17, 15) is 19.2 Å². The first-order valence-electron chi connectivity index (χ1n) is 26.9. The predicted octanol–water partition coefficient (Wildman–Crippen LogP) is 16.2. The zero-order chi connectivity index (χ0) is 56.5. The van der Waals surface area contributed by atoms with E-state index in [0.717, 1.165) is 11.0 Å². The largest absolute Gasteiger partial charge is 0.423 e. The Bertz CT molecular complexity index is 3970. The molecule has 2 aliphatic rings. The summed E-state index contributed by atoms with van der Waals surface area (Å²) in [6, 6.07) is 38.7. The van der Waals surface area contributed by atoms with Crippen LogP contribution in [-0.4, -0.2) is 43.4 Å². The molecule has 3 aromatic heterocycles. The number of nitrogens with one attached hydrogen (secondary N) is 1. The summed E-state index contributed by atoms with van der Waals surface area (Å²) < 4.78 is 27.8. The number of ether oxygens (including phenoxy) is 4. The van der Waals surface area contributed by atoms with Crippen molar-refractivity contribution in [3.8, 4) is 62.1 Å². The number of allylic oxidation sites excluding steroid dienone is 4. The summed E-state index contributed by atoms with van der Waals surface area (Å²) in [6.45, 7) is 14.6. The number of para-hydroxylation sites is 5. The molecule has 0 saturated carbocycles. The van der Waals surface area contributed by atoms with Gasteiger partial charge in [0.15, 0.2) is 5.75 Å². The standard InChI is InChI=1S/C68H62N4O8/c1-9-21-42(5)65(73)77-57-29-17-13-25-51(57)61-54-38-37-49(71-54)40-48-34-33-46(69-48)39-47-35-36-50(70-47)41-56-62(52-26-14-18-30-58(52)78-66(74)43(6)22-10-2)63(53-27-15-19-31-59(53)79-67(75)44(7)23-11-3)64(61)72(56)55-28-16-20-32-60(55)80-68(76)45(8)24-12-4/h13-41,69H,9-12H2,1-8H3. The van der Waals surface area contributed by atoms with Crippen LogP contribution in [0.15, 0.2) is 174 Å². The minimum absolute atomic E-state index is 0.190. The van der Waals surface area contributed by atoms with Crippen LogP contribution in [0, 0.1) is 0 Å². The zero-order valence-corrected chi connectivity index (χ0v) is 46.2. The predicted molar refractivity (Wildman–Crippen MR) is 319 cm³/mol. The van der Waals surface area contributed by atoms with E-state index in [1.165, 1.54) is 0 Å². The number of nitrogens with zero attached hydrogens (tertiary/aromatic N) is 3. The van der Waals surface area contributed by atoms with Gasteiger partial charge in [-0.05, 0) is 138 Å². The monoisotopic (exact) mass is 1060 g/mol. The second-order valence-electron chi connectivity index (χ2n) is 19.2. The van der Waals surface area contributed by atoms with Crippen LogP contribution in [0.25, 0.3) is 85.4 Å². The van der Waals surface area contributed by atoms with Crippen molar-refractivity contribution < 1.29 is 38.1 Å². The molecular formula is C68H62N4O8. The number of carbonyl (C=O) groups is 4. The van der Waals surface area contributed by atoms with Gasteiger partial charge in [0.05, 0.1) is 39.5 Å². The first kappa shape index (κ1) is 55.1. The van der Waals surface area contributed by atoms with Gasteiger partial charge in [0, 0.05) is 66.7 Å². The Morgan fingerprint density at radius 1 is 0.438 bits per heavy atom. The number of hydrogen-bond donors (Lipinski definition) is 1. The number of benzene rings is 4. The Labute approximate surface area is 465 Å². The van der Waals surface area contributed by atoms with Crippen LogP contribution in [0.4, 0.5) is 0 Å². The second-order valence-corrected chi connectivity index (χ2v) is 19.2. The van der Waals surface area contributed by atoms with Crippen molar-refractivity contribution in [1.29, 1.82) is 0 Å². The number of esters is 4. The second kappa shape index (κ2) is 24.8. The summed E-state index contributed by atoms with van der Waals surface area (Å²) in [5.74, 6) is -1.41. The Morgan fingerprint density at radius 2 is 0.812 bits per heavy atom. The number of aromatic nitrogens is 4. The highest BCUT2D eigenvalue weighted by Gasteiger charge is 2.32. The van der Waals surface area contributed by atoms with Crippen LogP contribution >= 0.6 is 0 Å². The van der Waals surface area contributed by atoms with Gasteiger partial charge in [0.25, 0.3) is 0 Å². The summed E-state index contributed by atoms with van der Waals surface area (Å²) in [5, 5.41) is 0. The summed E-state index contributed by atoms with van der Waals surface area (Å²) in [7, 11) is 0. The minimum atomic E-state index is -0.564. The smallest absolute Gasteiger partial charge is 0.338 e. The van der Waals surface area contributed by atoms with Crippen molar-refractivity contribution in [3.05, 3.63) is 197 Å². The fourth-order valence-electron chi connectivity index (χ4n) is 9.64. The van der Waals surface area contributed by atoms with Crippen LogP contribution in [0.2, 0.25) is 0 Å². The van der Waals surface area contributed by atoms with Crippen molar-refractivity contribution in [2.45, 2.75) is 81.1 Å². The maximum Gasteiger partial charge on any atom is 0.338 e. The zero-order valence-electron chi connectivity index (χ0n) is 46.2. The minimum Gasteiger partial charge on any atom is -0.423 e. The van der Waals surface area contributed by atoms with Crippen molar-refractivity contribution in [2.24, 2.45) is 0 Å². The van der Waals surface area contributed by atoms with Gasteiger partial charge >= 0.3 is 23.9 Å². The molecule has 0 aliphatic carbocycles. The molecule has 2 aliphatic heterocycles. The average molecular weight is 1060 g/mol. The molecule has 8 bridgehead atoms. The number of H-pyrrole nitrogens is 1.